The van der Waals surface area contributed by atoms with E-state index in [-0.39, 0.29) is 5.91 Å². The van der Waals surface area contributed by atoms with Crippen LogP contribution >= 0.6 is 11.8 Å². The summed E-state index contributed by atoms with van der Waals surface area (Å²) in [6.07, 6.45) is 6.19. The molecule has 0 saturated heterocycles. The number of carbonyl (C=O) groups excluding carboxylic acids is 1. The van der Waals surface area contributed by atoms with Gasteiger partial charge in [0.1, 0.15) is 11.5 Å². The predicted octanol–water partition coefficient (Wildman–Crippen LogP) is 3.37. The molecule has 0 radical (unpaired) electrons. The summed E-state index contributed by atoms with van der Waals surface area (Å²) in [4.78, 5) is 17.9. The zero-order valence-electron chi connectivity index (χ0n) is 13.7. The maximum atomic E-state index is 12.3. The van der Waals surface area contributed by atoms with E-state index in [0.29, 0.717) is 18.5 Å². The molecule has 0 aliphatic heterocycles. The third-order valence-electron chi connectivity index (χ3n) is 3.73. The van der Waals surface area contributed by atoms with Gasteiger partial charge < -0.3 is 14.3 Å². The summed E-state index contributed by atoms with van der Waals surface area (Å²) in [6, 6.07) is 11.3. The quantitative estimate of drug-likeness (QED) is 0.698. The minimum atomic E-state index is -0.0552. The molecule has 5 nitrogen and oxygen atoms in total. The summed E-state index contributed by atoms with van der Waals surface area (Å²) in [5.41, 5.74) is 1.51. The van der Waals surface area contributed by atoms with Crippen molar-refractivity contribution in [2.24, 2.45) is 7.05 Å². The Labute approximate surface area is 145 Å². The fourth-order valence-electron chi connectivity index (χ4n) is 2.50. The second kappa shape index (κ2) is 7.40. The topological polar surface area (TPSA) is 60.1 Å². The Morgan fingerprint density at radius 1 is 1.29 bits per heavy atom. The summed E-state index contributed by atoms with van der Waals surface area (Å²) in [5, 5.41) is 2.96. The van der Waals surface area contributed by atoms with Crippen LogP contribution < -0.4 is 5.32 Å². The molecule has 24 heavy (non-hydrogen) atoms. The third kappa shape index (κ3) is 3.54. The lowest BCUT2D eigenvalue weighted by Crippen LogP contribution is -2.26. The number of carbonyl (C=O) groups is 1. The molecular weight excluding hydrogens is 322 g/mol. The molecule has 124 valence electrons. The Morgan fingerprint density at radius 3 is 2.88 bits per heavy atom. The first kappa shape index (κ1) is 16.4. The number of furan rings is 1. The molecule has 0 spiro atoms. The van der Waals surface area contributed by atoms with Crippen LogP contribution in [0.3, 0.4) is 0 Å². The summed E-state index contributed by atoms with van der Waals surface area (Å²) in [6.45, 7) is 0.532. The first-order valence-electron chi connectivity index (χ1n) is 7.66. The fourth-order valence-corrected chi connectivity index (χ4v) is 3.09. The van der Waals surface area contributed by atoms with Crippen LogP contribution in [0.4, 0.5) is 0 Å². The van der Waals surface area contributed by atoms with Crippen LogP contribution in [0.5, 0.6) is 0 Å². The zero-order valence-corrected chi connectivity index (χ0v) is 14.5. The van der Waals surface area contributed by atoms with Gasteiger partial charge in [-0.3, -0.25) is 4.79 Å². The van der Waals surface area contributed by atoms with Crippen molar-refractivity contribution >= 4 is 17.7 Å². The van der Waals surface area contributed by atoms with Crippen LogP contribution in [0.1, 0.15) is 16.2 Å². The van der Waals surface area contributed by atoms with Crippen LogP contribution in [0.2, 0.25) is 0 Å². The number of aryl methyl sites for hydroxylation is 1. The van der Waals surface area contributed by atoms with E-state index in [0.717, 1.165) is 22.2 Å². The van der Waals surface area contributed by atoms with Crippen LogP contribution in [0.25, 0.3) is 11.5 Å². The Kier molecular flexibility index (Phi) is 5.05. The van der Waals surface area contributed by atoms with Gasteiger partial charge in [0.15, 0.2) is 5.76 Å². The van der Waals surface area contributed by atoms with Crippen LogP contribution in [-0.2, 0) is 13.5 Å². The highest BCUT2D eigenvalue weighted by Crippen LogP contribution is 2.20. The van der Waals surface area contributed by atoms with Gasteiger partial charge in [0, 0.05) is 31.1 Å². The molecule has 1 N–H and O–H groups in total. The van der Waals surface area contributed by atoms with Gasteiger partial charge in [-0.2, -0.15) is 0 Å². The molecule has 2 aromatic heterocycles. The van der Waals surface area contributed by atoms with Gasteiger partial charge in [-0.1, -0.05) is 12.1 Å². The number of imidazole rings is 1. The maximum absolute atomic E-state index is 12.3. The van der Waals surface area contributed by atoms with E-state index in [2.05, 4.69) is 10.3 Å². The minimum absolute atomic E-state index is 0.0552. The van der Waals surface area contributed by atoms with Crippen molar-refractivity contribution in [3.63, 3.8) is 0 Å². The second-order valence-corrected chi connectivity index (χ2v) is 6.18. The molecule has 0 unspecified atom stereocenters. The molecule has 0 aliphatic rings. The minimum Gasteiger partial charge on any atom is -0.463 e. The van der Waals surface area contributed by atoms with E-state index in [1.165, 1.54) is 0 Å². The number of aromatic nitrogens is 2. The van der Waals surface area contributed by atoms with E-state index >= 15 is 0 Å². The number of nitrogens with zero attached hydrogens (tertiary/aromatic N) is 2. The first-order valence-corrected chi connectivity index (χ1v) is 8.89. The molecule has 0 atom stereocenters. The molecule has 3 rings (SSSR count). The van der Waals surface area contributed by atoms with Gasteiger partial charge in [0.25, 0.3) is 5.91 Å². The summed E-state index contributed by atoms with van der Waals surface area (Å²) < 4.78 is 7.32. The average Bonchev–Trinajstić information content (AvgIpc) is 3.25. The van der Waals surface area contributed by atoms with Crippen molar-refractivity contribution in [3.8, 4) is 11.5 Å². The maximum Gasteiger partial charge on any atom is 0.252 e. The van der Waals surface area contributed by atoms with Crippen LogP contribution in [0.15, 0.2) is 58.2 Å². The van der Waals surface area contributed by atoms with Crippen molar-refractivity contribution in [2.75, 3.05) is 12.8 Å². The molecule has 6 heteroatoms. The highest BCUT2D eigenvalue weighted by Gasteiger charge is 2.12. The first-order chi connectivity index (χ1) is 11.7. The van der Waals surface area contributed by atoms with Crippen molar-refractivity contribution in [3.05, 3.63) is 60.2 Å². The normalized spacial score (nSPS) is 10.8. The largest absolute Gasteiger partial charge is 0.463 e. The second-order valence-electron chi connectivity index (χ2n) is 5.34. The molecule has 0 bridgehead atoms. The lowest BCUT2D eigenvalue weighted by Gasteiger charge is -2.08. The van der Waals surface area contributed by atoms with Crippen molar-refractivity contribution in [1.82, 2.24) is 14.9 Å². The number of benzene rings is 1. The van der Waals surface area contributed by atoms with Crippen molar-refractivity contribution < 1.29 is 9.21 Å². The van der Waals surface area contributed by atoms with Crippen LogP contribution in [0, 0.1) is 0 Å². The standard InChI is InChI=1S/C18H19N3O2S/c1-21-12-14(15-7-5-11-23-15)20-17(21)9-10-19-18(22)13-6-3-4-8-16(13)24-2/h3-8,11-12H,9-10H2,1-2H3,(H,19,22). The number of rotatable bonds is 6. The highest BCUT2D eigenvalue weighted by atomic mass is 32.2. The van der Waals surface area contributed by atoms with E-state index in [9.17, 15) is 4.79 Å². The van der Waals surface area contributed by atoms with Gasteiger partial charge in [-0.05, 0) is 30.5 Å². The monoisotopic (exact) mass is 341 g/mol. The highest BCUT2D eigenvalue weighted by molar-refractivity contribution is 7.98. The van der Waals surface area contributed by atoms with Crippen molar-refractivity contribution in [1.29, 1.82) is 0 Å². The number of hydrogen-bond donors (Lipinski definition) is 1. The summed E-state index contributed by atoms with van der Waals surface area (Å²) in [5.74, 6) is 1.59. The van der Waals surface area contributed by atoms with Gasteiger partial charge in [0.2, 0.25) is 0 Å². The van der Waals surface area contributed by atoms with E-state index in [4.69, 9.17) is 4.42 Å². The smallest absolute Gasteiger partial charge is 0.252 e. The molecule has 3 aromatic rings. The van der Waals surface area contributed by atoms with Gasteiger partial charge >= 0.3 is 0 Å². The molecule has 0 fully saturated rings. The number of amides is 1. The number of hydrogen-bond acceptors (Lipinski definition) is 4. The number of thioether (sulfide) groups is 1. The molecule has 1 amide bonds. The Hall–Kier alpha value is -2.47. The molecule has 1 aromatic carbocycles. The SMILES string of the molecule is CSc1ccccc1C(=O)NCCc1nc(-c2ccco2)cn1C. The molecule has 2 heterocycles. The van der Waals surface area contributed by atoms with Gasteiger partial charge in [0.05, 0.1) is 11.8 Å². The van der Waals surface area contributed by atoms with E-state index in [1.54, 1.807) is 18.0 Å². The zero-order chi connectivity index (χ0) is 16.9. The Bertz CT molecular complexity index is 825. The third-order valence-corrected chi connectivity index (χ3v) is 4.53. The predicted molar refractivity (Wildman–Crippen MR) is 95.2 cm³/mol. The molecular formula is C18H19N3O2S. The molecule has 0 saturated carbocycles. The van der Waals surface area contributed by atoms with Crippen molar-refractivity contribution in [2.45, 2.75) is 11.3 Å². The molecule has 0 aliphatic carbocycles. The van der Waals surface area contributed by atoms with Gasteiger partial charge in [-0.15, -0.1) is 11.8 Å². The summed E-state index contributed by atoms with van der Waals surface area (Å²) in [7, 11) is 1.94. The Balaban J connectivity index is 1.61. The fraction of sp³-hybridized carbons (Fsp3) is 0.222. The van der Waals surface area contributed by atoms with Crippen LogP contribution in [-0.4, -0.2) is 28.3 Å². The van der Waals surface area contributed by atoms with Gasteiger partial charge in [-0.25, -0.2) is 4.98 Å². The van der Waals surface area contributed by atoms with E-state index < -0.39 is 0 Å². The number of nitrogens with one attached hydrogen (secondary N) is 1. The lowest BCUT2D eigenvalue weighted by atomic mass is 10.2. The summed E-state index contributed by atoms with van der Waals surface area (Å²) >= 11 is 1.57. The average molecular weight is 341 g/mol. The Morgan fingerprint density at radius 2 is 2.12 bits per heavy atom. The lowest BCUT2D eigenvalue weighted by molar-refractivity contribution is 0.0951. The van der Waals surface area contributed by atoms with E-state index in [1.807, 2.05) is 60.5 Å².